The topological polar surface area (TPSA) is 38.8 Å². The second kappa shape index (κ2) is 6.63. The van der Waals surface area contributed by atoms with Crippen LogP contribution in [0.1, 0.15) is 29.0 Å². The molecule has 2 aromatic carbocycles. The van der Waals surface area contributed by atoms with Gasteiger partial charge in [0.25, 0.3) is 0 Å². The number of fused-ring (bicyclic) bond motifs is 1. The van der Waals surface area contributed by atoms with Gasteiger partial charge in [-0.1, -0.05) is 12.1 Å². The number of rotatable bonds is 4. The van der Waals surface area contributed by atoms with Crippen LogP contribution in [0.4, 0.5) is 4.39 Å². The van der Waals surface area contributed by atoms with E-state index in [1.807, 2.05) is 17.0 Å². The molecule has 2 atom stereocenters. The molecule has 26 heavy (non-hydrogen) atoms. The molecule has 1 aliphatic carbocycles. The number of methoxy groups -OCH3 is 2. The van der Waals surface area contributed by atoms with Crippen molar-refractivity contribution in [1.29, 1.82) is 0 Å². The Morgan fingerprint density at radius 1 is 1.08 bits per heavy atom. The molecule has 1 aliphatic heterocycles. The fourth-order valence-corrected chi connectivity index (χ4v) is 3.85. The van der Waals surface area contributed by atoms with Crippen molar-refractivity contribution in [3.8, 4) is 11.5 Å². The number of benzene rings is 2. The molecule has 0 saturated heterocycles. The summed E-state index contributed by atoms with van der Waals surface area (Å²) in [7, 11) is 3.25. The summed E-state index contributed by atoms with van der Waals surface area (Å²) in [6.45, 7) is 1.31. The smallest absolute Gasteiger partial charge is 0.226 e. The highest BCUT2D eigenvalue weighted by Gasteiger charge is 2.46. The number of amides is 1. The van der Waals surface area contributed by atoms with Crippen molar-refractivity contribution < 1.29 is 18.7 Å². The van der Waals surface area contributed by atoms with E-state index in [0.717, 1.165) is 29.7 Å². The Morgan fingerprint density at radius 3 is 2.38 bits per heavy atom. The Hall–Kier alpha value is -2.56. The van der Waals surface area contributed by atoms with E-state index < -0.39 is 0 Å². The lowest BCUT2D eigenvalue weighted by Gasteiger charge is -2.30. The monoisotopic (exact) mass is 355 g/mol. The van der Waals surface area contributed by atoms with Gasteiger partial charge in [0.15, 0.2) is 11.5 Å². The molecule has 136 valence electrons. The maximum absolute atomic E-state index is 13.1. The van der Waals surface area contributed by atoms with Crippen LogP contribution in [0.25, 0.3) is 0 Å². The molecule has 2 aromatic rings. The van der Waals surface area contributed by atoms with Crippen molar-refractivity contribution in [3.05, 3.63) is 58.9 Å². The first-order valence-corrected chi connectivity index (χ1v) is 8.88. The van der Waals surface area contributed by atoms with Crippen LogP contribution in [0.5, 0.6) is 11.5 Å². The van der Waals surface area contributed by atoms with Crippen LogP contribution < -0.4 is 9.47 Å². The van der Waals surface area contributed by atoms with E-state index in [1.165, 1.54) is 17.7 Å². The van der Waals surface area contributed by atoms with Crippen molar-refractivity contribution in [2.75, 3.05) is 20.8 Å². The number of hydrogen-bond acceptors (Lipinski definition) is 3. The minimum Gasteiger partial charge on any atom is -0.493 e. The minimum absolute atomic E-state index is 0.0159. The molecule has 1 amide bonds. The number of carbonyl (C=O) groups is 1. The lowest BCUT2D eigenvalue weighted by atomic mass is 9.98. The maximum Gasteiger partial charge on any atom is 0.226 e. The van der Waals surface area contributed by atoms with Crippen molar-refractivity contribution in [1.82, 2.24) is 4.90 Å². The van der Waals surface area contributed by atoms with E-state index in [9.17, 15) is 9.18 Å². The lowest BCUT2D eigenvalue weighted by Crippen LogP contribution is -2.37. The van der Waals surface area contributed by atoms with Crippen molar-refractivity contribution in [2.45, 2.75) is 25.3 Å². The molecule has 0 N–H and O–H groups in total. The highest BCUT2D eigenvalue weighted by atomic mass is 19.1. The number of ether oxygens (including phenoxy) is 2. The standard InChI is InChI=1S/C21H22FNO3/c1-25-19-9-14-7-8-23(12-15(14)10-20(19)26-2)21(24)18-11-17(18)13-3-5-16(22)6-4-13/h3-6,9-10,17-18H,7-8,11-12H2,1-2H3. The normalized spacial score (nSPS) is 21.1. The summed E-state index contributed by atoms with van der Waals surface area (Å²) >= 11 is 0. The molecule has 0 bridgehead atoms. The van der Waals surface area contributed by atoms with Crippen molar-refractivity contribution in [3.63, 3.8) is 0 Å². The zero-order valence-electron chi connectivity index (χ0n) is 15.0. The highest BCUT2D eigenvalue weighted by molar-refractivity contribution is 5.83. The van der Waals surface area contributed by atoms with E-state index in [-0.39, 0.29) is 23.6 Å². The number of nitrogens with zero attached hydrogens (tertiary/aromatic N) is 1. The van der Waals surface area contributed by atoms with E-state index in [1.54, 1.807) is 26.4 Å². The van der Waals surface area contributed by atoms with Gasteiger partial charge < -0.3 is 14.4 Å². The van der Waals surface area contributed by atoms with Gasteiger partial charge in [0.1, 0.15) is 5.82 Å². The molecule has 2 unspecified atom stereocenters. The van der Waals surface area contributed by atoms with Crippen LogP contribution in [0, 0.1) is 11.7 Å². The third kappa shape index (κ3) is 3.02. The minimum atomic E-state index is -0.241. The molecule has 1 heterocycles. The quantitative estimate of drug-likeness (QED) is 0.842. The summed E-state index contributed by atoms with van der Waals surface area (Å²) in [4.78, 5) is 14.8. The van der Waals surface area contributed by atoms with Gasteiger partial charge in [-0.15, -0.1) is 0 Å². The molecule has 5 heteroatoms. The Labute approximate surface area is 152 Å². The summed E-state index contributed by atoms with van der Waals surface area (Å²) in [5.74, 6) is 1.60. The molecule has 0 radical (unpaired) electrons. The molecule has 4 rings (SSSR count). The average Bonchev–Trinajstić information content (AvgIpc) is 3.47. The van der Waals surface area contributed by atoms with Gasteiger partial charge in [-0.05, 0) is 59.7 Å². The zero-order valence-corrected chi connectivity index (χ0v) is 15.0. The molecule has 1 saturated carbocycles. The predicted octanol–water partition coefficient (Wildman–Crippen LogP) is 3.53. The summed E-state index contributed by atoms with van der Waals surface area (Å²) in [6.07, 6.45) is 1.66. The van der Waals surface area contributed by atoms with Gasteiger partial charge >= 0.3 is 0 Å². The van der Waals surface area contributed by atoms with Crippen LogP contribution in [-0.2, 0) is 17.8 Å². The second-order valence-electron chi connectivity index (χ2n) is 6.99. The van der Waals surface area contributed by atoms with Crippen molar-refractivity contribution in [2.24, 2.45) is 5.92 Å². The van der Waals surface area contributed by atoms with Gasteiger partial charge in [0, 0.05) is 19.0 Å². The Bertz CT molecular complexity index is 834. The van der Waals surface area contributed by atoms with E-state index in [2.05, 4.69) is 0 Å². The SMILES string of the molecule is COc1cc2c(cc1OC)CN(C(=O)C1CC1c1ccc(F)cc1)CC2. The maximum atomic E-state index is 13.1. The van der Waals surface area contributed by atoms with Crippen molar-refractivity contribution >= 4 is 5.91 Å². The molecular formula is C21H22FNO3. The predicted molar refractivity (Wildman–Crippen MR) is 95.9 cm³/mol. The second-order valence-corrected chi connectivity index (χ2v) is 6.99. The molecule has 1 fully saturated rings. The van der Waals surface area contributed by atoms with Gasteiger partial charge in [0.2, 0.25) is 5.91 Å². The van der Waals surface area contributed by atoms with E-state index in [4.69, 9.17) is 9.47 Å². The fourth-order valence-electron chi connectivity index (χ4n) is 3.85. The van der Waals surface area contributed by atoms with Crippen LogP contribution in [0.15, 0.2) is 36.4 Å². The highest BCUT2D eigenvalue weighted by Crippen LogP contribution is 2.49. The third-order valence-corrected chi connectivity index (χ3v) is 5.44. The Balaban J connectivity index is 1.47. The summed E-state index contributed by atoms with van der Waals surface area (Å²) in [5.41, 5.74) is 3.37. The first-order chi connectivity index (χ1) is 12.6. The number of hydrogen-bond donors (Lipinski definition) is 0. The van der Waals surface area contributed by atoms with Gasteiger partial charge in [-0.3, -0.25) is 4.79 Å². The zero-order chi connectivity index (χ0) is 18.3. The average molecular weight is 355 g/mol. The largest absolute Gasteiger partial charge is 0.493 e. The van der Waals surface area contributed by atoms with Crippen LogP contribution in [-0.4, -0.2) is 31.6 Å². The molecule has 4 nitrogen and oxygen atoms in total. The molecule has 0 spiro atoms. The lowest BCUT2D eigenvalue weighted by molar-refractivity contribution is -0.133. The number of carbonyl (C=O) groups excluding carboxylic acids is 1. The Morgan fingerprint density at radius 2 is 1.73 bits per heavy atom. The third-order valence-electron chi connectivity index (χ3n) is 5.44. The fraction of sp³-hybridized carbons (Fsp3) is 0.381. The van der Waals surface area contributed by atoms with Crippen LogP contribution in [0.3, 0.4) is 0 Å². The first kappa shape index (κ1) is 16.9. The van der Waals surface area contributed by atoms with Gasteiger partial charge in [0.05, 0.1) is 14.2 Å². The molecule has 2 aliphatic rings. The number of halogens is 1. The first-order valence-electron chi connectivity index (χ1n) is 8.88. The summed E-state index contributed by atoms with van der Waals surface area (Å²) in [5, 5.41) is 0. The summed E-state index contributed by atoms with van der Waals surface area (Å²) in [6, 6.07) is 10.5. The van der Waals surface area contributed by atoms with E-state index in [0.29, 0.717) is 18.8 Å². The van der Waals surface area contributed by atoms with Gasteiger partial charge in [-0.2, -0.15) is 0 Å². The van der Waals surface area contributed by atoms with Crippen LogP contribution >= 0.6 is 0 Å². The van der Waals surface area contributed by atoms with E-state index >= 15 is 0 Å². The Kier molecular flexibility index (Phi) is 4.31. The van der Waals surface area contributed by atoms with Crippen LogP contribution in [0.2, 0.25) is 0 Å². The molecule has 0 aromatic heterocycles. The molecular weight excluding hydrogens is 333 g/mol. The van der Waals surface area contributed by atoms with Gasteiger partial charge in [-0.25, -0.2) is 4.39 Å². The summed E-state index contributed by atoms with van der Waals surface area (Å²) < 4.78 is 23.8.